The maximum atomic E-state index is 8.67. The Balaban J connectivity index is 2.91. The first-order valence-corrected chi connectivity index (χ1v) is 4.59. The zero-order valence-corrected chi connectivity index (χ0v) is 8.39. The monoisotopic (exact) mass is 220 g/mol. The van der Waals surface area contributed by atoms with Gasteiger partial charge in [0.05, 0.1) is 16.8 Å². The SMILES string of the molecule is NC(CCO)c1nc(Cl)ccc1Cl. The lowest BCUT2D eigenvalue weighted by Gasteiger charge is -2.10. The molecule has 1 heterocycles. The van der Waals surface area contributed by atoms with E-state index in [-0.39, 0.29) is 12.6 Å². The molecule has 0 aliphatic carbocycles. The first-order valence-electron chi connectivity index (χ1n) is 3.83. The Morgan fingerprint density at radius 3 is 2.77 bits per heavy atom. The molecular formula is C8H10Cl2N2O. The van der Waals surface area contributed by atoms with E-state index in [9.17, 15) is 0 Å². The molecule has 13 heavy (non-hydrogen) atoms. The average molecular weight is 221 g/mol. The molecule has 1 rings (SSSR count). The molecule has 1 atom stereocenters. The predicted octanol–water partition coefficient (Wildman–Crippen LogP) is 1.77. The lowest BCUT2D eigenvalue weighted by atomic mass is 10.1. The lowest BCUT2D eigenvalue weighted by Crippen LogP contribution is -2.14. The molecule has 0 saturated carbocycles. The minimum Gasteiger partial charge on any atom is -0.396 e. The van der Waals surface area contributed by atoms with Gasteiger partial charge in [-0.25, -0.2) is 4.98 Å². The van der Waals surface area contributed by atoms with Gasteiger partial charge < -0.3 is 10.8 Å². The third kappa shape index (κ3) is 2.81. The number of aromatic nitrogens is 1. The minimum absolute atomic E-state index is 0.00564. The molecule has 0 radical (unpaired) electrons. The van der Waals surface area contributed by atoms with Crippen molar-refractivity contribution in [3.8, 4) is 0 Å². The molecule has 0 aliphatic heterocycles. The van der Waals surface area contributed by atoms with Crippen LogP contribution in [-0.4, -0.2) is 16.7 Å². The highest BCUT2D eigenvalue weighted by Crippen LogP contribution is 2.23. The fraction of sp³-hybridized carbons (Fsp3) is 0.375. The Morgan fingerprint density at radius 1 is 1.46 bits per heavy atom. The van der Waals surface area contributed by atoms with Gasteiger partial charge >= 0.3 is 0 Å². The van der Waals surface area contributed by atoms with Crippen LogP contribution in [0.3, 0.4) is 0 Å². The Bertz CT molecular complexity index is 293. The van der Waals surface area contributed by atoms with Gasteiger partial charge in [0.15, 0.2) is 0 Å². The summed E-state index contributed by atoms with van der Waals surface area (Å²) in [6.45, 7) is 0.00564. The third-order valence-electron chi connectivity index (χ3n) is 1.63. The van der Waals surface area contributed by atoms with E-state index in [2.05, 4.69) is 4.98 Å². The summed E-state index contributed by atoms with van der Waals surface area (Å²) in [5.74, 6) is 0. The van der Waals surface area contributed by atoms with Crippen LogP contribution >= 0.6 is 23.2 Å². The molecule has 0 bridgehead atoms. The fourth-order valence-corrected chi connectivity index (χ4v) is 1.37. The van der Waals surface area contributed by atoms with E-state index in [1.54, 1.807) is 12.1 Å². The molecule has 0 saturated heterocycles. The van der Waals surface area contributed by atoms with Gasteiger partial charge in [-0.1, -0.05) is 23.2 Å². The summed E-state index contributed by atoms with van der Waals surface area (Å²) in [6.07, 6.45) is 0.424. The first-order chi connectivity index (χ1) is 6.15. The van der Waals surface area contributed by atoms with Gasteiger partial charge in [0.2, 0.25) is 0 Å². The van der Waals surface area contributed by atoms with Crippen LogP contribution in [0.25, 0.3) is 0 Å². The number of rotatable bonds is 3. The van der Waals surface area contributed by atoms with Crippen LogP contribution in [0.1, 0.15) is 18.2 Å². The van der Waals surface area contributed by atoms with Gasteiger partial charge in [-0.3, -0.25) is 0 Å². The summed E-state index contributed by atoms with van der Waals surface area (Å²) in [7, 11) is 0. The molecule has 72 valence electrons. The topological polar surface area (TPSA) is 59.1 Å². The van der Waals surface area contributed by atoms with Gasteiger partial charge in [0.1, 0.15) is 5.15 Å². The van der Waals surface area contributed by atoms with Crippen molar-refractivity contribution < 1.29 is 5.11 Å². The lowest BCUT2D eigenvalue weighted by molar-refractivity contribution is 0.275. The van der Waals surface area contributed by atoms with E-state index in [4.69, 9.17) is 34.0 Å². The van der Waals surface area contributed by atoms with Gasteiger partial charge in [0, 0.05) is 6.61 Å². The summed E-state index contributed by atoms with van der Waals surface area (Å²) in [5.41, 5.74) is 6.24. The fourth-order valence-electron chi connectivity index (χ4n) is 0.969. The van der Waals surface area contributed by atoms with Crippen molar-refractivity contribution in [3.63, 3.8) is 0 Å². The quantitative estimate of drug-likeness (QED) is 0.764. The highest BCUT2D eigenvalue weighted by molar-refractivity contribution is 6.32. The zero-order chi connectivity index (χ0) is 9.84. The Morgan fingerprint density at radius 2 is 2.15 bits per heavy atom. The van der Waals surface area contributed by atoms with E-state index in [1.807, 2.05) is 0 Å². The smallest absolute Gasteiger partial charge is 0.129 e. The largest absolute Gasteiger partial charge is 0.396 e. The van der Waals surface area contributed by atoms with Crippen molar-refractivity contribution in [2.45, 2.75) is 12.5 Å². The van der Waals surface area contributed by atoms with Gasteiger partial charge in [-0.2, -0.15) is 0 Å². The summed E-state index contributed by atoms with van der Waals surface area (Å²) >= 11 is 11.5. The molecule has 1 unspecified atom stereocenters. The number of pyridine rings is 1. The normalized spacial score (nSPS) is 12.9. The standard InChI is InChI=1S/C8H10Cl2N2O/c9-5-1-2-7(10)12-8(5)6(11)3-4-13/h1-2,6,13H,3-4,11H2. The van der Waals surface area contributed by atoms with Crippen LogP contribution in [0.4, 0.5) is 0 Å². The Hall–Kier alpha value is -0.350. The Kier molecular flexibility index (Phi) is 3.93. The molecular weight excluding hydrogens is 211 g/mol. The van der Waals surface area contributed by atoms with Crippen LogP contribution in [-0.2, 0) is 0 Å². The minimum atomic E-state index is -0.365. The van der Waals surface area contributed by atoms with E-state index < -0.39 is 0 Å². The van der Waals surface area contributed by atoms with Gasteiger partial charge in [0.25, 0.3) is 0 Å². The molecule has 1 aromatic heterocycles. The highest BCUT2D eigenvalue weighted by atomic mass is 35.5. The zero-order valence-electron chi connectivity index (χ0n) is 6.87. The number of aliphatic hydroxyl groups is 1. The maximum absolute atomic E-state index is 8.67. The number of nitrogens with two attached hydrogens (primary N) is 1. The van der Waals surface area contributed by atoms with E-state index in [1.165, 1.54) is 0 Å². The molecule has 3 N–H and O–H groups in total. The molecule has 0 fully saturated rings. The molecule has 0 aliphatic rings. The number of hydrogen-bond acceptors (Lipinski definition) is 3. The number of halogens is 2. The summed E-state index contributed by atoms with van der Waals surface area (Å²) in [4.78, 5) is 3.99. The van der Waals surface area contributed by atoms with Crippen molar-refractivity contribution in [1.29, 1.82) is 0 Å². The van der Waals surface area contributed by atoms with Crippen LogP contribution in [0.5, 0.6) is 0 Å². The van der Waals surface area contributed by atoms with E-state index in [0.29, 0.717) is 22.3 Å². The Labute approximate surface area is 86.5 Å². The second kappa shape index (κ2) is 4.77. The summed E-state index contributed by atoms with van der Waals surface area (Å²) in [5, 5.41) is 9.51. The van der Waals surface area contributed by atoms with Crippen LogP contribution in [0.2, 0.25) is 10.2 Å². The summed E-state index contributed by atoms with van der Waals surface area (Å²) in [6, 6.07) is 2.87. The number of nitrogens with zero attached hydrogens (tertiary/aromatic N) is 1. The molecule has 0 aromatic carbocycles. The molecule has 0 amide bonds. The van der Waals surface area contributed by atoms with E-state index in [0.717, 1.165) is 0 Å². The second-order valence-electron chi connectivity index (χ2n) is 2.62. The molecule has 5 heteroatoms. The number of aliphatic hydroxyl groups excluding tert-OH is 1. The van der Waals surface area contributed by atoms with Crippen molar-refractivity contribution in [2.24, 2.45) is 5.73 Å². The first kappa shape index (κ1) is 10.7. The van der Waals surface area contributed by atoms with Crippen LogP contribution < -0.4 is 5.73 Å². The third-order valence-corrected chi connectivity index (χ3v) is 2.16. The van der Waals surface area contributed by atoms with Crippen molar-refractivity contribution >= 4 is 23.2 Å². The average Bonchev–Trinajstić information content (AvgIpc) is 2.09. The molecule has 0 spiro atoms. The summed E-state index contributed by atoms with van der Waals surface area (Å²) < 4.78 is 0. The van der Waals surface area contributed by atoms with E-state index >= 15 is 0 Å². The van der Waals surface area contributed by atoms with Gasteiger partial charge in [-0.15, -0.1) is 0 Å². The molecule has 3 nitrogen and oxygen atoms in total. The van der Waals surface area contributed by atoms with Crippen LogP contribution in [0.15, 0.2) is 12.1 Å². The second-order valence-corrected chi connectivity index (χ2v) is 3.41. The van der Waals surface area contributed by atoms with Crippen molar-refractivity contribution in [1.82, 2.24) is 4.98 Å². The van der Waals surface area contributed by atoms with Gasteiger partial charge in [-0.05, 0) is 18.6 Å². The molecule has 1 aromatic rings. The highest BCUT2D eigenvalue weighted by Gasteiger charge is 2.11. The predicted molar refractivity (Wildman–Crippen MR) is 52.9 cm³/mol. The number of hydrogen-bond donors (Lipinski definition) is 2. The maximum Gasteiger partial charge on any atom is 0.129 e. The van der Waals surface area contributed by atoms with Crippen molar-refractivity contribution in [3.05, 3.63) is 28.0 Å². The van der Waals surface area contributed by atoms with Crippen LogP contribution in [0, 0.1) is 0 Å². The van der Waals surface area contributed by atoms with Crippen molar-refractivity contribution in [2.75, 3.05) is 6.61 Å².